The third-order valence-corrected chi connectivity index (χ3v) is 15.4. The van der Waals surface area contributed by atoms with Gasteiger partial charge in [0.25, 0.3) is 0 Å². The number of rotatable bonds is 37. The monoisotopic (exact) mass is 1290 g/mol. The molecule has 0 bridgehead atoms. The third kappa shape index (κ3) is 43.9. The molecule has 0 aromatic rings. The first-order valence-corrected chi connectivity index (χ1v) is 33.7. The van der Waals surface area contributed by atoms with E-state index in [-0.39, 0.29) is 156 Å². The standard InChI is InChI=1S/C30H56N4O4.C21H41N3O2.C21H40N2O3.CH4/c1-12-20(4)24(17-23(35)18-33-30(9,10)11)28(38)34-26(19(2)3)25(36)16-22(27(37)29(6,7)8)14-13-15-32-21(5)31;1-14(2)18(24-21(7,8)9)17(25)13-16(19(26)20(4,5)6)11-10-12-23-15(3)22;1-14(2)18(23-21(7,8)9)17(25)13-16(19(26)20(4,5)6)11-10-12-22-15(3)24;/h19-20,22,24,26,33H,12-18H2,1-11H3,(H2,31,32)(H,34,38);14,16,18,24H,10-13H2,1-9H3,(H2,22,23);14,16,18,23H,10-13H2,1-9H3,(H,22,24);1H4/t20?,22-,24-,26+;2*16-,18+;/m111./s1. The topological polar surface area (TPSA) is 291 Å². The van der Waals surface area contributed by atoms with Gasteiger partial charge in [-0.05, 0) is 138 Å². The van der Waals surface area contributed by atoms with Crippen molar-refractivity contribution in [2.45, 2.75) is 314 Å². The van der Waals surface area contributed by atoms with Crippen LogP contribution in [0.2, 0.25) is 0 Å². The number of nitrogens with one attached hydrogen (secondary N) is 5. The van der Waals surface area contributed by atoms with Crippen LogP contribution in [0.25, 0.3) is 0 Å². The molecule has 18 nitrogen and oxygen atoms in total. The minimum absolute atomic E-state index is 0. The SMILES string of the molecule is C.CC(=O)NCCC[C@H](CC(=O)[C@@H](NC(C)(C)C)C(C)C)C(=O)C(C)(C)C.CC(N)=NCCC[C@H](CC(=O)[C@@H](NC(C)(C)C)C(C)C)C(=O)C(C)(C)C.CCC(C)[C@@H](CC(=O)CNC(C)(C)C)C(=O)N[C@H](C(=O)C[C@@H](CCCN=C(C)N)C(=O)C(C)(C)C)C(C)C. The van der Waals surface area contributed by atoms with Crippen LogP contribution >= 0.6 is 0 Å². The number of Topliss-reactive ketones (excluding diaryl/α,β-unsaturated/α-hetero) is 7. The molecule has 0 aliphatic heterocycles. The molecule has 0 rings (SSSR count). The van der Waals surface area contributed by atoms with Crippen molar-refractivity contribution in [3.8, 4) is 0 Å². The zero-order valence-electron chi connectivity index (χ0n) is 62.7. The molecule has 0 aromatic carbocycles. The van der Waals surface area contributed by atoms with Crippen molar-refractivity contribution in [2.24, 2.45) is 85.0 Å². The molecule has 9 N–H and O–H groups in total. The molecule has 91 heavy (non-hydrogen) atoms. The number of nitrogens with zero attached hydrogens (tertiary/aromatic N) is 2. The van der Waals surface area contributed by atoms with Gasteiger partial charge in [0.15, 0.2) is 17.3 Å². The summed E-state index contributed by atoms with van der Waals surface area (Å²) in [5.74, 6) is -0.359. The Balaban J connectivity index is -0.000000638. The quantitative estimate of drug-likeness (QED) is 0.0173. The van der Waals surface area contributed by atoms with Gasteiger partial charge in [-0.15, -0.1) is 0 Å². The lowest BCUT2D eigenvalue weighted by Crippen LogP contribution is -2.51. The van der Waals surface area contributed by atoms with E-state index in [4.69, 9.17) is 11.5 Å². The number of carbonyl (C=O) groups is 9. The van der Waals surface area contributed by atoms with Gasteiger partial charge in [-0.2, -0.15) is 0 Å². The zero-order chi connectivity index (χ0) is 71.3. The van der Waals surface area contributed by atoms with E-state index in [1.165, 1.54) is 6.92 Å². The van der Waals surface area contributed by atoms with Gasteiger partial charge in [-0.3, -0.25) is 53.1 Å². The van der Waals surface area contributed by atoms with E-state index >= 15 is 0 Å². The molecule has 0 saturated heterocycles. The normalized spacial score (nSPS) is 15.5. The Morgan fingerprint density at radius 2 is 0.769 bits per heavy atom. The Labute approximate surface area is 556 Å². The number of amides is 2. The van der Waals surface area contributed by atoms with Gasteiger partial charge in [-0.1, -0.05) is 132 Å². The van der Waals surface area contributed by atoms with Crippen LogP contribution in [0.1, 0.15) is 279 Å². The number of ketones is 7. The molecule has 0 radical (unpaired) electrons. The minimum Gasteiger partial charge on any atom is -0.388 e. The molecule has 0 spiro atoms. The molecule has 0 aromatic heterocycles. The van der Waals surface area contributed by atoms with Crippen LogP contribution in [-0.2, 0) is 43.2 Å². The summed E-state index contributed by atoms with van der Waals surface area (Å²) in [7, 11) is 0. The molecule has 0 heterocycles. The van der Waals surface area contributed by atoms with E-state index in [0.717, 1.165) is 12.8 Å². The van der Waals surface area contributed by atoms with Gasteiger partial charge in [-0.25, -0.2) is 0 Å². The third-order valence-electron chi connectivity index (χ3n) is 15.4. The maximum absolute atomic E-state index is 13.5. The molecule has 18 heteroatoms. The van der Waals surface area contributed by atoms with E-state index in [2.05, 4.69) is 57.3 Å². The van der Waals surface area contributed by atoms with Gasteiger partial charge in [0, 0.05) is 109 Å². The molecule has 532 valence electrons. The summed E-state index contributed by atoms with van der Waals surface area (Å²) in [5, 5.41) is 15.7. The number of hydrogen-bond donors (Lipinski definition) is 7. The summed E-state index contributed by atoms with van der Waals surface area (Å²) >= 11 is 0. The predicted molar refractivity (Wildman–Crippen MR) is 380 cm³/mol. The zero-order valence-corrected chi connectivity index (χ0v) is 62.7. The first kappa shape index (κ1) is 92.9. The van der Waals surface area contributed by atoms with Crippen molar-refractivity contribution in [3.05, 3.63) is 0 Å². The highest BCUT2D eigenvalue weighted by Gasteiger charge is 2.38. The van der Waals surface area contributed by atoms with Crippen molar-refractivity contribution < 1.29 is 43.2 Å². The molecular weight excluding hydrogens is 1150 g/mol. The molecule has 0 aliphatic rings. The lowest BCUT2D eigenvalue weighted by atomic mass is 9.77. The summed E-state index contributed by atoms with van der Waals surface area (Å²) in [4.78, 5) is 124. The maximum atomic E-state index is 13.5. The molecule has 1 unspecified atom stereocenters. The van der Waals surface area contributed by atoms with E-state index in [0.29, 0.717) is 63.4 Å². The highest BCUT2D eigenvalue weighted by atomic mass is 16.2. The second-order valence-corrected chi connectivity index (χ2v) is 32.7. The van der Waals surface area contributed by atoms with Crippen LogP contribution in [0.15, 0.2) is 9.98 Å². The van der Waals surface area contributed by atoms with Crippen LogP contribution in [0.4, 0.5) is 0 Å². The summed E-state index contributed by atoms with van der Waals surface area (Å²) in [6.45, 7) is 57.9. The molecular formula is C73H141N9O9. The first-order chi connectivity index (χ1) is 40.6. The molecule has 0 saturated carbocycles. The van der Waals surface area contributed by atoms with Crippen molar-refractivity contribution in [2.75, 3.05) is 26.2 Å². The minimum atomic E-state index is -0.726. The lowest BCUT2D eigenvalue weighted by molar-refractivity contribution is -0.137. The van der Waals surface area contributed by atoms with Gasteiger partial charge in [0.05, 0.1) is 36.3 Å². The lowest BCUT2D eigenvalue weighted by Gasteiger charge is -2.32. The molecule has 0 aliphatic carbocycles. The predicted octanol–water partition coefficient (Wildman–Crippen LogP) is 12.4. The second-order valence-electron chi connectivity index (χ2n) is 32.7. The first-order valence-electron chi connectivity index (χ1n) is 33.7. The number of carbonyl (C=O) groups excluding carboxylic acids is 9. The van der Waals surface area contributed by atoms with Crippen LogP contribution in [0.5, 0.6) is 0 Å². The Bertz CT molecular complexity index is 2290. The average Bonchev–Trinajstić information content (AvgIpc) is 0.998. The molecule has 2 amide bonds. The van der Waals surface area contributed by atoms with Crippen LogP contribution in [-0.4, -0.2) is 125 Å². The summed E-state index contributed by atoms with van der Waals surface area (Å²) in [6.07, 6.45) is 5.37. The fourth-order valence-corrected chi connectivity index (χ4v) is 10.3. The van der Waals surface area contributed by atoms with E-state index in [1.807, 2.05) is 159 Å². The van der Waals surface area contributed by atoms with Gasteiger partial charge in [0.2, 0.25) is 11.8 Å². The van der Waals surface area contributed by atoms with Crippen LogP contribution < -0.4 is 38.1 Å². The average molecular weight is 1290 g/mol. The Morgan fingerprint density at radius 1 is 0.451 bits per heavy atom. The van der Waals surface area contributed by atoms with Crippen molar-refractivity contribution in [1.82, 2.24) is 26.6 Å². The Morgan fingerprint density at radius 3 is 1.03 bits per heavy atom. The van der Waals surface area contributed by atoms with E-state index in [9.17, 15) is 43.2 Å². The maximum Gasteiger partial charge on any atom is 0.224 e. The highest BCUT2D eigenvalue weighted by Crippen LogP contribution is 2.31. The van der Waals surface area contributed by atoms with Crippen LogP contribution in [0, 0.1) is 63.6 Å². The summed E-state index contributed by atoms with van der Waals surface area (Å²) in [6, 6.07) is -1.23. The summed E-state index contributed by atoms with van der Waals surface area (Å²) in [5.41, 5.74) is 9.15. The highest BCUT2D eigenvalue weighted by molar-refractivity contribution is 5.96. The largest absolute Gasteiger partial charge is 0.388 e. The van der Waals surface area contributed by atoms with Crippen molar-refractivity contribution in [1.29, 1.82) is 0 Å². The number of aliphatic imine (C=N–C) groups is 2. The Kier molecular flexibility index (Phi) is 43.6. The molecule has 8 atom stereocenters. The van der Waals surface area contributed by atoms with E-state index < -0.39 is 34.1 Å². The van der Waals surface area contributed by atoms with Gasteiger partial charge in [0.1, 0.15) is 23.1 Å². The fourth-order valence-electron chi connectivity index (χ4n) is 10.3. The fraction of sp³-hybridized carbons (Fsp3) is 0.849. The molecule has 0 fully saturated rings. The van der Waals surface area contributed by atoms with Gasteiger partial charge < -0.3 is 38.1 Å². The Hall–Kier alpha value is -4.55. The van der Waals surface area contributed by atoms with Crippen molar-refractivity contribution in [3.63, 3.8) is 0 Å². The summed E-state index contributed by atoms with van der Waals surface area (Å²) < 4.78 is 0. The number of amidine groups is 2. The van der Waals surface area contributed by atoms with Crippen molar-refractivity contribution >= 4 is 64.0 Å². The van der Waals surface area contributed by atoms with E-state index in [1.54, 1.807) is 13.8 Å². The number of hydrogen-bond acceptors (Lipinski definition) is 14. The second kappa shape index (κ2) is 42.7. The number of nitrogens with two attached hydrogens (primary N) is 2. The smallest absolute Gasteiger partial charge is 0.224 e. The van der Waals surface area contributed by atoms with Gasteiger partial charge >= 0.3 is 0 Å². The van der Waals surface area contributed by atoms with Crippen LogP contribution in [0.3, 0.4) is 0 Å².